The zero-order valence-corrected chi connectivity index (χ0v) is 11.8. The standard InChI is InChI=1S/C17H25NO/c1-2-16-15(10-11-19-16)17(18)14-9-4-3-8-13(14)12-6-5-7-12/h3-4,8-9,12,15-17H,2,5-7,10-11,18H2,1H3. The second kappa shape index (κ2) is 5.64. The van der Waals surface area contributed by atoms with Crippen molar-refractivity contribution in [2.24, 2.45) is 11.7 Å². The van der Waals surface area contributed by atoms with Crippen molar-refractivity contribution in [1.82, 2.24) is 0 Å². The SMILES string of the molecule is CCC1OCCC1C(N)c1ccccc1C1CCC1. The summed E-state index contributed by atoms with van der Waals surface area (Å²) in [5.74, 6) is 1.25. The van der Waals surface area contributed by atoms with Crippen LogP contribution in [-0.4, -0.2) is 12.7 Å². The number of nitrogens with two attached hydrogens (primary N) is 1. The molecule has 1 aromatic rings. The van der Waals surface area contributed by atoms with E-state index in [-0.39, 0.29) is 6.04 Å². The highest BCUT2D eigenvalue weighted by molar-refractivity contribution is 5.34. The molecule has 1 heterocycles. The van der Waals surface area contributed by atoms with E-state index in [0.717, 1.165) is 25.4 Å². The van der Waals surface area contributed by atoms with E-state index in [1.54, 1.807) is 0 Å². The van der Waals surface area contributed by atoms with E-state index >= 15 is 0 Å². The molecule has 1 aliphatic carbocycles. The molecule has 2 nitrogen and oxygen atoms in total. The van der Waals surface area contributed by atoms with E-state index in [1.807, 2.05) is 0 Å². The Hall–Kier alpha value is -0.860. The van der Waals surface area contributed by atoms with Crippen LogP contribution in [0.25, 0.3) is 0 Å². The van der Waals surface area contributed by atoms with E-state index in [2.05, 4.69) is 31.2 Å². The molecule has 104 valence electrons. The van der Waals surface area contributed by atoms with Gasteiger partial charge in [-0.05, 0) is 42.7 Å². The van der Waals surface area contributed by atoms with Crippen LogP contribution in [0.5, 0.6) is 0 Å². The monoisotopic (exact) mass is 259 g/mol. The second-order valence-corrected chi connectivity index (χ2v) is 6.05. The molecule has 19 heavy (non-hydrogen) atoms. The lowest BCUT2D eigenvalue weighted by Crippen LogP contribution is -2.29. The fourth-order valence-electron chi connectivity index (χ4n) is 3.63. The van der Waals surface area contributed by atoms with Crippen LogP contribution in [0.2, 0.25) is 0 Å². The largest absolute Gasteiger partial charge is 0.378 e. The number of rotatable bonds is 4. The molecule has 2 N–H and O–H groups in total. The molecule has 1 aliphatic heterocycles. The number of hydrogen-bond acceptors (Lipinski definition) is 2. The molecule has 2 aliphatic rings. The molecule has 2 heteroatoms. The van der Waals surface area contributed by atoms with Crippen molar-refractivity contribution in [3.8, 4) is 0 Å². The van der Waals surface area contributed by atoms with Gasteiger partial charge >= 0.3 is 0 Å². The van der Waals surface area contributed by atoms with Gasteiger partial charge in [0, 0.05) is 18.6 Å². The summed E-state index contributed by atoms with van der Waals surface area (Å²) in [6.07, 6.45) is 6.58. The van der Waals surface area contributed by atoms with Crippen LogP contribution in [0.3, 0.4) is 0 Å². The zero-order valence-electron chi connectivity index (χ0n) is 11.8. The highest BCUT2D eigenvalue weighted by Gasteiger charge is 2.34. The average Bonchev–Trinajstić information content (AvgIpc) is 2.85. The zero-order chi connectivity index (χ0) is 13.2. The van der Waals surface area contributed by atoms with Gasteiger partial charge in [-0.1, -0.05) is 37.6 Å². The molecule has 0 amide bonds. The summed E-state index contributed by atoms with van der Waals surface area (Å²) in [4.78, 5) is 0. The highest BCUT2D eigenvalue weighted by atomic mass is 16.5. The molecular formula is C17H25NO. The summed E-state index contributed by atoms with van der Waals surface area (Å²) < 4.78 is 5.82. The maximum absolute atomic E-state index is 6.60. The summed E-state index contributed by atoms with van der Waals surface area (Å²) in [6.45, 7) is 3.08. The first kappa shape index (κ1) is 13.1. The Morgan fingerprint density at radius 3 is 2.74 bits per heavy atom. The third kappa shape index (κ3) is 2.44. The van der Waals surface area contributed by atoms with Crippen molar-refractivity contribution >= 4 is 0 Å². The van der Waals surface area contributed by atoms with Gasteiger partial charge in [0.1, 0.15) is 0 Å². The van der Waals surface area contributed by atoms with Gasteiger partial charge in [0.2, 0.25) is 0 Å². The molecule has 1 aromatic carbocycles. The Morgan fingerprint density at radius 2 is 2.05 bits per heavy atom. The van der Waals surface area contributed by atoms with Gasteiger partial charge in [-0.3, -0.25) is 0 Å². The molecule has 3 rings (SSSR count). The van der Waals surface area contributed by atoms with Crippen molar-refractivity contribution in [2.45, 2.75) is 57.1 Å². The van der Waals surface area contributed by atoms with E-state index in [0.29, 0.717) is 12.0 Å². The van der Waals surface area contributed by atoms with Gasteiger partial charge in [0.15, 0.2) is 0 Å². The normalized spacial score (nSPS) is 29.2. The third-order valence-corrected chi connectivity index (χ3v) is 5.02. The topological polar surface area (TPSA) is 35.2 Å². The Labute approximate surface area is 116 Å². The molecule has 1 saturated carbocycles. The Bertz CT molecular complexity index is 427. The lowest BCUT2D eigenvalue weighted by molar-refractivity contribution is 0.0812. The maximum Gasteiger partial charge on any atom is 0.0619 e. The molecule has 3 unspecified atom stereocenters. The molecule has 1 saturated heterocycles. The van der Waals surface area contributed by atoms with Gasteiger partial charge in [-0.2, -0.15) is 0 Å². The first-order chi connectivity index (χ1) is 9.31. The maximum atomic E-state index is 6.60. The number of ether oxygens (including phenoxy) is 1. The van der Waals surface area contributed by atoms with Crippen molar-refractivity contribution in [3.05, 3.63) is 35.4 Å². The van der Waals surface area contributed by atoms with Crippen LogP contribution in [-0.2, 0) is 4.74 Å². The molecule has 0 aromatic heterocycles. The second-order valence-electron chi connectivity index (χ2n) is 6.05. The lowest BCUT2D eigenvalue weighted by atomic mass is 9.75. The van der Waals surface area contributed by atoms with Crippen molar-refractivity contribution in [3.63, 3.8) is 0 Å². The Morgan fingerprint density at radius 1 is 1.26 bits per heavy atom. The quantitative estimate of drug-likeness (QED) is 0.893. The molecule has 0 bridgehead atoms. The Balaban J connectivity index is 1.84. The predicted molar refractivity (Wildman–Crippen MR) is 78.1 cm³/mol. The predicted octanol–water partition coefficient (Wildman–Crippen LogP) is 3.77. The van der Waals surface area contributed by atoms with E-state index in [1.165, 1.54) is 30.4 Å². The summed E-state index contributed by atoms with van der Waals surface area (Å²) in [7, 11) is 0. The highest BCUT2D eigenvalue weighted by Crippen LogP contribution is 2.42. The van der Waals surface area contributed by atoms with Crippen molar-refractivity contribution in [1.29, 1.82) is 0 Å². The summed E-state index contributed by atoms with van der Waals surface area (Å²) in [6, 6.07) is 8.96. The van der Waals surface area contributed by atoms with E-state index in [4.69, 9.17) is 10.5 Å². The van der Waals surface area contributed by atoms with E-state index in [9.17, 15) is 0 Å². The summed E-state index contributed by atoms with van der Waals surface area (Å²) in [5.41, 5.74) is 9.48. The van der Waals surface area contributed by atoms with Gasteiger partial charge in [0.25, 0.3) is 0 Å². The first-order valence-electron chi connectivity index (χ1n) is 7.77. The van der Waals surface area contributed by atoms with Crippen LogP contribution in [0.15, 0.2) is 24.3 Å². The fraction of sp³-hybridized carbons (Fsp3) is 0.647. The first-order valence-corrected chi connectivity index (χ1v) is 7.77. The number of hydrogen-bond donors (Lipinski definition) is 1. The minimum absolute atomic E-state index is 0.143. The van der Waals surface area contributed by atoms with Crippen LogP contribution < -0.4 is 5.73 Å². The Kier molecular flexibility index (Phi) is 3.90. The molecule has 0 radical (unpaired) electrons. The van der Waals surface area contributed by atoms with Gasteiger partial charge in [-0.15, -0.1) is 0 Å². The van der Waals surface area contributed by atoms with Gasteiger partial charge in [0.05, 0.1) is 6.10 Å². The molecule has 2 fully saturated rings. The molecular weight excluding hydrogens is 234 g/mol. The fourth-order valence-corrected chi connectivity index (χ4v) is 3.63. The van der Waals surface area contributed by atoms with Crippen LogP contribution in [0.4, 0.5) is 0 Å². The van der Waals surface area contributed by atoms with Crippen molar-refractivity contribution < 1.29 is 4.74 Å². The van der Waals surface area contributed by atoms with Crippen LogP contribution in [0, 0.1) is 5.92 Å². The lowest BCUT2D eigenvalue weighted by Gasteiger charge is -2.32. The minimum atomic E-state index is 0.143. The van der Waals surface area contributed by atoms with E-state index < -0.39 is 0 Å². The van der Waals surface area contributed by atoms with Gasteiger partial charge < -0.3 is 10.5 Å². The minimum Gasteiger partial charge on any atom is -0.378 e. The molecule has 3 atom stereocenters. The number of benzene rings is 1. The summed E-state index contributed by atoms with van der Waals surface area (Å²) in [5, 5.41) is 0. The van der Waals surface area contributed by atoms with Gasteiger partial charge in [-0.25, -0.2) is 0 Å². The van der Waals surface area contributed by atoms with Crippen molar-refractivity contribution in [2.75, 3.05) is 6.61 Å². The van der Waals surface area contributed by atoms with Crippen LogP contribution in [0.1, 0.15) is 62.1 Å². The average molecular weight is 259 g/mol. The smallest absolute Gasteiger partial charge is 0.0619 e. The van der Waals surface area contributed by atoms with Crippen LogP contribution >= 0.6 is 0 Å². The third-order valence-electron chi connectivity index (χ3n) is 5.02. The summed E-state index contributed by atoms with van der Waals surface area (Å²) >= 11 is 0. The molecule has 0 spiro atoms.